The van der Waals surface area contributed by atoms with Gasteiger partial charge in [0.2, 0.25) is 5.91 Å². The van der Waals surface area contributed by atoms with Gasteiger partial charge in [0.15, 0.2) is 0 Å². The van der Waals surface area contributed by atoms with Crippen molar-refractivity contribution in [2.45, 2.75) is 38.3 Å². The molecule has 1 fully saturated rings. The van der Waals surface area contributed by atoms with Gasteiger partial charge in [-0.25, -0.2) is 9.59 Å². The summed E-state index contributed by atoms with van der Waals surface area (Å²) in [6.45, 7) is 2.38. The summed E-state index contributed by atoms with van der Waals surface area (Å²) in [5, 5.41) is 2.62. The maximum absolute atomic E-state index is 13.0. The number of nitrogens with zero attached hydrogens (tertiary/aromatic N) is 1. The number of amides is 2. The third kappa shape index (κ3) is 4.95. The molecule has 136 valence electrons. The van der Waals surface area contributed by atoms with Gasteiger partial charge < -0.3 is 19.7 Å². The van der Waals surface area contributed by atoms with Crippen molar-refractivity contribution in [1.29, 1.82) is 0 Å². The van der Waals surface area contributed by atoms with Crippen molar-refractivity contribution in [3.05, 3.63) is 35.9 Å². The van der Waals surface area contributed by atoms with Gasteiger partial charge >= 0.3 is 12.1 Å². The summed E-state index contributed by atoms with van der Waals surface area (Å²) in [4.78, 5) is 38.2. The number of nitrogens with one attached hydrogen (secondary N) is 1. The molecule has 1 N–H and O–H groups in total. The molecule has 0 radical (unpaired) electrons. The smallest absolute Gasteiger partial charge is 0.407 e. The van der Waals surface area contributed by atoms with E-state index in [9.17, 15) is 14.4 Å². The normalized spacial score (nSPS) is 17.7. The Balaban J connectivity index is 2.16. The predicted octanol–water partition coefficient (Wildman–Crippen LogP) is 1.51. The minimum Gasteiger partial charge on any atom is -0.467 e. The lowest BCUT2D eigenvalue weighted by molar-refractivity contribution is -0.151. The van der Waals surface area contributed by atoms with Crippen LogP contribution in [-0.4, -0.2) is 55.2 Å². The summed E-state index contributed by atoms with van der Waals surface area (Å²) in [5.74, 6) is -0.731. The maximum atomic E-state index is 13.0. The number of esters is 1. The van der Waals surface area contributed by atoms with E-state index in [2.05, 4.69) is 5.32 Å². The third-order valence-corrected chi connectivity index (χ3v) is 4.16. The van der Waals surface area contributed by atoms with Crippen LogP contribution in [0.25, 0.3) is 0 Å². The molecule has 0 spiro atoms. The monoisotopic (exact) mass is 348 g/mol. The molecule has 1 heterocycles. The van der Waals surface area contributed by atoms with Gasteiger partial charge in [-0.05, 0) is 25.3 Å². The van der Waals surface area contributed by atoms with Crippen LogP contribution in [0.3, 0.4) is 0 Å². The second-order valence-corrected chi connectivity index (χ2v) is 5.82. The molecular formula is C18H24N2O5. The molecule has 1 aliphatic heterocycles. The number of hydrogen-bond acceptors (Lipinski definition) is 5. The van der Waals surface area contributed by atoms with Crippen LogP contribution in [0.4, 0.5) is 4.79 Å². The zero-order valence-electron chi connectivity index (χ0n) is 14.6. The Bertz CT molecular complexity index is 605. The van der Waals surface area contributed by atoms with E-state index < -0.39 is 24.1 Å². The lowest BCUT2D eigenvalue weighted by Crippen LogP contribution is -2.52. The molecule has 2 amide bonds. The van der Waals surface area contributed by atoms with E-state index in [1.807, 2.05) is 30.3 Å². The van der Waals surface area contributed by atoms with E-state index in [-0.39, 0.29) is 12.5 Å². The van der Waals surface area contributed by atoms with Gasteiger partial charge in [-0.2, -0.15) is 0 Å². The van der Waals surface area contributed by atoms with Crippen LogP contribution in [0.2, 0.25) is 0 Å². The largest absolute Gasteiger partial charge is 0.467 e. The van der Waals surface area contributed by atoms with Gasteiger partial charge in [0.1, 0.15) is 12.1 Å². The Kier molecular flexibility index (Phi) is 6.80. The van der Waals surface area contributed by atoms with Crippen molar-refractivity contribution < 1.29 is 23.9 Å². The summed E-state index contributed by atoms with van der Waals surface area (Å²) in [6, 6.07) is 7.99. The molecule has 25 heavy (non-hydrogen) atoms. The topological polar surface area (TPSA) is 84.9 Å². The van der Waals surface area contributed by atoms with Crippen molar-refractivity contribution >= 4 is 18.0 Å². The summed E-state index contributed by atoms with van der Waals surface area (Å²) < 4.78 is 9.69. The number of benzene rings is 1. The average Bonchev–Trinajstić information content (AvgIpc) is 3.10. The first-order valence-electron chi connectivity index (χ1n) is 8.42. The van der Waals surface area contributed by atoms with Crippen molar-refractivity contribution in [3.63, 3.8) is 0 Å². The standard InChI is InChI=1S/C18H24N2O5/c1-3-25-18(23)19-14(12-13-8-5-4-6-9-13)16(21)20-11-7-10-15(20)17(22)24-2/h4-6,8-9,14-15H,3,7,10-12H2,1-2H3,(H,19,23)/t14-,15-/m0/s1. The Hall–Kier alpha value is -2.57. The fraction of sp³-hybridized carbons (Fsp3) is 0.500. The van der Waals surface area contributed by atoms with Crippen LogP contribution in [0.5, 0.6) is 0 Å². The van der Waals surface area contributed by atoms with Gasteiger partial charge in [0, 0.05) is 13.0 Å². The first-order valence-corrected chi connectivity index (χ1v) is 8.42. The zero-order chi connectivity index (χ0) is 18.2. The highest BCUT2D eigenvalue weighted by molar-refractivity contribution is 5.90. The molecule has 1 aliphatic rings. The van der Waals surface area contributed by atoms with E-state index >= 15 is 0 Å². The Morgan fingerprint density at radius 3 is 2.64 bits per heavy atom. The van der Waals surface area contributed by atoms with Crippen molar-refractivity contribution in [2.24, 2.45) is 0 Å². The number of methoxy groups -OCH3 is 1. The number of carbonyl (C=O) groups is 3. The van der Waals surface area contributed by atoms with E-state index in [1.165, 1.54) is 12.0 Å². The van der Waals surface area contributed by atoms with Gasteiger partial charge in [0.25, 0.3) is 0 Å². The quantitative estimate of drug-likeness (QED) is 0.788. The number of hydrogen-bond donors (Lipinski definition) is 1. The first-order chi connectivity index (χ1) is 12.1. The summed E-state index contributed by atoms with van der Waals surface area (Å²) in [6.07, 6.45) is 0.965. The highest BCUT2D eigenvalue weighted by Gasteiger charge is 2.38. The highest BCUT2D eigenvalue weighted by Crippen LogP contribution is 2.20. The zero-order valence-corrected chi connectivity index (χ0v) is 14.6. The van der Waals surface area contributed by atoms with E-state index in [0.29, 0.717) is 19.4 Å². The molecule has 2 atom stereocenters. The van der Waals surface area contributed by atoms with Gasteiger partial charge in [-0.15, -0.1) is 0 Å². The van der Waals surface area contributed by atoms with Crippen LogP contribution in [-0.2, 0) is 25.5 Å². The number of carbonyl (C=O) groups excluding carboxylic acids is 3. The molecule has 0 aliphatic carbocycles. The van der Waals surface area contributed by atoms with Crippen LogP contribution in [0.15, 0.2) is 30.3 Å². The Labute approximate surface area is 147 Å². The molecule has 7 nitrogen and oxygen atoms in total. The van der Waals surface area contributed by atoms with Crippen LogP contribution in [0, 0.1) is 0 Å². The van der Waals surface area contributed by atoms with Crippen molar-refractivity contribution in [3.8, 4) is 0 Å². The van der Waals surface area contributed by atoms with E-state index in [4.69, 9.17) is 9.47 Å². The fourth-order valence-corrected chi connectivity index (χ4v) is 2.98. The second-order valence-electron chi connectivity index (χ2n) is 5.82. The second kappa shape index (κ2) is 9.05. The summed E-state index contributed by atoms with van der Waals surface area (Å²) in [7, 11) is 1.31. The Morgan fingerprint density at radius 1 is 1.28 bits per heavy atom. The molecule has 2 rings (SSSR count). The number of likely N-dealkylation sites (tertiary alicyclic amines) is 1. The molecule has 0 saturated carbocycles. The molecule has 1 aromatic rings. The maximum Gasteiger partial charge on any atom is 0.407 e. The fourth-order valence-electron chi connectivity index (χ4n) is 2.98. The van der Waals surface area contributed by atoms with E-state index in [0.717, 1.165) is 12.0 Å². The third-order valence-electron chi connectivity index (χ3n) is 4.16. The lowest BCUT2D eigenvalue weighted by Gasteiger charge is -2.27. The average molecular weight is 348 g/mol. The summed E-state index contributed by atoms with van der Waals surface area (Å²) in [5.41, 5.74) is 0.909. The minimum absolute atomic E-state index is 0.215. The number of rotatable bonds is 6. The van der Waals surface area contributed by atoms with Crippen LogP contribution < -0.4 is 5.32 Å². The SMILES string of the molecule is CCOC(=O)N[C@@H](Cc1ccccc1)C(=O)N1CCC[C@H]1C(=O)OC. The Morgan fingerprint density at radius 2 is 2.00 bits per heavy atom. The van der Waals surface area contributed by atoms with Gasteiger partial charge in [0.05, 0.1) is 13.7 Å². The molecule has 1 saturated heterocycles. The van der Waals surface area contributed by atoms with Crippen LogP contribution >= 0.6 is 0 Å². The predicted molar refractivity (Wildman–Crippen MR) is 90.8 cm³/mol. The van der Waals surface area contributed by atoms with Crippen molar-refractivity contribution in [2.75, 3.05) is 20.3 Å². The van der Waals surface area contributed by atoms with E-state index in [1.54, 1.807) is 6.92 Å². The molecule has 0 aromatic heterocycles. The molecule has 1 aromatic carbocycles. The lowest BCUT2D eigenvalue weighted by atomic mass is 10.0. The molecular weight excluding hydrogens is 324 g/mol. The van der Waals surface area contributed by atoms with Crippen molar-refractivity contribution in [1.82, 2.24) is 10.2 Å². The molecule has 0 unspecified atom stereocenters. The molecule has 0 bridgehead atoms. The highest BCUT2D eigenvalue weighted by atomic mass is 16.5. The number of alkyl carbamates (subject to hydrolysis) is 1. The van der Waals surface area contributed by atoms with Gasteiger partial charge in [-0.3, -0.25) is 4.79 Å². The molecule has 7 heteroatoms. The first kappa shape index (κ1) is 18.8. The summed E-state index contributed by atoms with van der Waals surface area (Å²) >= 11 is 0. The van der Waals surface area contributed by atoms with Gasteiger partial charge in [-0.1, -0.05) is 30.3 Å². The minimum atomic E-state index is -0.799. The number of ether oxygens (including phenoxy) is 2. The van der Waals surface area contributed by atoms with Crippen LogP contribution in [0.1, 0.15) is 25.3 Å².